The first-order valence-corrected chi connectivity index (χ1v) is 6.35. The van der Waals surface area contributed by atoms with Crippen LogP contribution in [0.2, 0.25) is 0 Å². The molecule has 0 aliphatic heterocycles. The number of hydrogen-bond donors (Lipinski definition) is 2. The Morgan fingerprint density at radius 3 is 2.94 bits per heavy atom. The molecule has 0 heterocycles. The van der Waals surface area contributed by atoms with Crippen LogP contribution in [-0.4, -0.2) is 18.6 Å². The van der Waals surface area contributed by atoms with Gasteiger partial charge in [-0.15, -0.1) is 0 Å². The Morgan fingerprint density at radius 2 is 2.29 bits per heavy atom. The topological polar surface area (TPSA) is 64.4 Å². The zero-order chi connectivity index (χ0) is 12.3. The predicted molar refractivity (Wildman–Crippen MR) is 68.2 cm³/mol. The van der Waals surface area contributed by atoms with Gasteiger partial charge in [-0.25, -0.2) is 0 Å². The Labute approximate surface area is 109 Å². The largest absolute Gasteiger partial charge is 0.368 e. The first-order valence-electron chi connectivity index (χ1n) is 5.56. The van der Waals surface area contributed by atoms with E-state index in [1.165, 1.54) is 5.56 Å². The number of benzene rings is 1. The lowest BCUT2D eigenvalue weighted by Crippen LogP contribution is -2.41. The van der Waals surface area contributed by atoms with Crippen molar-refractivity contribution >= 4 is 21.8 Å². The molecule has 1 amide bonds. The molecule has 1 aliphatic rings. The second-order valence-corrected chi connectivity index (χ2v) is 5.21. The van der Waals surface area contributed by atoms with Crippen molar-refractivity contribution in [2.75, 3.05) is 6.61 Å². The normalized spacial score (nSPS) is 23.1. The lowest BCUT2D eigenvalue weighted by atomic mass is 9.76. The van der Waals surface area contributed by atoms with Crippen LogP contribution in [0.5, 0.6) is 0 Å². The van der Waals surface area contributed by atoms with E-state index in [-0.39, 0.29) is 6.61 Å². The van der Waals surface area contributed by atoms with E-state index in [0.717, 1.165) is 17.3 Å². The third-order valence-corrected chi connectivity index (χ3v) is 3.42. The summed E-state index contributed by atoms with van der Waals surface area (Å²) in [4.78, 5) is 15.4. The van der Waals surface area contributed by atoms with Gasteiger partial charge in [0.15, 0.2) is 0 Å². The number of hydrogen-bond acceptors (Lipinski definition) is 3. The minimum absolute atomic E-state index is 0.0714. The minimum atomic E-state index is -0.458. The van der Waals surface area contributed by atoms with Gasteiger partial charge in [-0.05, 0) is 36.5 Å². The number of halogens is 1. The van der Waals surface area contributed by atoms with E-state index < -0.39 is 5.91 Å². The van der Waals surface area contributed by atoms with E-state index in [9.17, 15) is 4.79 Å². The van der Waals surface area contributed by atoms with Crippen molar-refractivity contribution in [1.82, 2.24) is 5.48 Å². The number of amides is 1. The summed E-state index contributed by atoms with van der Waals surface area (Å²) in [5.41, 5.74) is 9.16. The summed E-state index contributed by atoms with van der Waals surface area (Å²) in [6.07, 6.45) is 2.05. The average Bonchev–Trinajstić information content (AvgIpc) is 2.21. The number of primary amides is 1. The van der Waals surface area contributed by atoms with E-state index in [2.05, 4.69) is 33.5 Å². The number of carbonyl (C=O) groups is 1. The molecule has 4 nitrogen and oxygen atoms in total. The second kappa shape index (κ2) is 5.62. The molecule has 1 aliphatic carbocycles. The van der Waals surface area contributed by atoms with Crippen LogP contribution in [-0.2, 0) is 9.63 Å². The van der Waals surface area contributed by atoms with Gasteiger partial charge in [-0.3, -0.25) is 9.63 Å². The predicted octanol–water partition coefficient (Wildman–Crippen LogP) is 1.70. The quantitative estimate of drug-likeness (QED) is 0.813. The zero-order valence-corrected chi connectivity index (χ0v) is 10.9. The van der Waals surface area contributed by atoms with Crippen molar-refractivity contribution in [3.8, 4) is 0 Å². The maximum atomic E-state index is 10.5. The highest BCUT2D eigenvalue weighted by molar-refractivity contribution is 9.10. The molecule has 0 atom stereocenters. The number of nitrogens with one attached hydrogen (secondary N) is 1. The average molecular weight is 299 g/mol. The first-order chi connectivity index (χ1) is 8.15. The van der Waals surface area contributed by atoms with Crippen molar-refractivity contribution in [1.29, 1.82) is 0 Å². The highest BCUT2D eigenvalue weighted by Crippen LogP contribution is 2.37. The molecule has 0 aromatic heterocycles. The Kier molecular flexibility index (Phi) is 4.15. The molecule has 5 heteroatoms. The van der Waals surface area contributed by atoms with Crippen LogP contribution in [0.4, 0.5) is 0 Å². The third kappa shape index (κ3) is 3.52. The number of carbonyl (C=O) groups excluding carboxylic acids is 1. The number of rotatable bonds is 5. The van der Waals surface area contributed by atoms with Gasteiger partial charge in [0, 0.05) is 10.5 Å². The van der Waals surface area contributed by atoms with Gasteiger partial charge >= 0.3 is 0 Å². The van der Waals surface area contributed by atoms with Crippen molar-refractivity contribution in [2.45, 2.75) is 24.8 Å². The second-order valence-electron chi connectivity index (χ2n) is 4.29. The summed E-state index contributed by atoms with van der Waals surface area (Å²) in [5.74, 6) is 0.113. The van der Waals surface area contributed by atoms with Gasteiger partial charge in [-0.2, -0.15) is 5.48 Å². The van der Waals surface area contributed by atoms with Gasteiger partial charge in [-0.1, -0.05) is 28.1 Å². The maximum Gasteiger partial charge on any atom is 0.245 e. The summed E-state index contributed by atoms with van der Waals surface area (Å²) >= 11 is 3.47. The van der Waals surface area contributed by atoms with Crippen LogP contribution >= 0.6 is 15.9 Å². The van der Waals surface area contributed by atoms with Crippen molar-refractivity contribution in [3.63, 3.8) is 0 Å². The molecule has 1 aromatic carbocycles. The van der Waals surface area contributed by atoms with E-state index >= 15 is 0 Å². The Hall–Kier alpha value is -0.910. The zero-order valence-electron chi connectivity index (χ0n) is 9.36. The molecule has 0 bridgehead atoms. The summed E-state index contributed by atoms with van der Waals surface area (Å²) in [6.45, 7) is -0.0714. The fourth-order valence-electron chi connectivity index (χ4n) is 1.98. The molecule has 17 heavy (non-hydrogen) atoms. The Bertz CT molecular complexity index is 405. The lowest BCUT2D eigenvalue weighted by molar-refractivity contribution is -0.126. The van der Waals surface area contributed by atoms with E-state index in [4.69, 9.17) is 10.6 Å². The summed E-state index contributed by atoms with van der Waals surface area (Å²) in [6, 6.07) is 8.66. The smallest absolute Gasteiger partial charge is 0.245 e. The summed E-state index contributed by atoms with van der Waals surface area (Å²) < 4.78 is 1.11. The molecule has 0 unspecified atom stereocenters. The first kappa shape index (κ1) is 12.5. The van der Waals surface area contributed by atoms with E-state index in [1.54, 1.807) is 0 Å². The molecule has 3 N–H and O–H groups in total. The Morgan fingerprint density at radius 1 is 1.53 bits per heavy atom. The lowest BCUT2D eigenvalue weighted by Gasteiger charge is -2.35. The summed E-state index contributed by atoms with van der Waals surface area (Å²) in [5, 5.41) is 0. The SMILES string of the molecule is NC(=O)CONC1CC(c2cccc(Br)c2)C1. The van der Waals surface area contributed by atoms with Crippen LogP contribution in [0.3, 0.4) is 0 Å². The van der Waals surface area contributed by atoms with Gasteiger partial charge in [0.05, 0.1) is 0 Å². The van der Waals surface area contributed by atoms with Gasteiger partial charge < -0.3 is 5.73 Å². The molecule has 0 radical (unpaired) electrons. The number of hydroxylamine groups is 1. The molecular formula is C12H15BrN2O2. The molecule has 1 fully saturated rings. The maximum absolute atomic E-state index is 10.5. The molecule has 1 saturated carbocycles. The van der Waals surface area contributed by atoms with Crippen LogP contribution < -0.4 is 11.2 Å². The van der Waals surface area contributed by atoms with Gasteiger partial charge in [0.1, 0.15) is 6.61 Å². The minimum Gasteiger partial charge on any atom is -0.368 e. The molecular weight excluding hydrogens is 284 g/mol. The Balaban J connectivity index is 1.73. The van der Waals surface area contributed by atoms with Crippen molar-refractivity contribution in [2.24, 2.45) is 5.73 Å². The highest BCUT2D eigenvalue weighted by Gasteiger charge is 2.30. The van der Waals surface area contributed by atoms with Crippen LogP contribution in [0.25, 0.3) is 0 Å². The molecule has 0 saturated heterocycles. The van der Waals surface area contributed by atoms with Crippen molar-refractivity contribution < 1.29 is 9.63 Å². The molecule has 92 valence electrons. The highest BCUT2D eigenvalue weighted by atomic mass is 79.9. The van der Waals surface area contributed by atoms with Crippen LogP contribution in [0, 0.1) is 0 Å². The van der Waals surface area contributed by atoms with E-state index in [0.29, 0.717) is 12.0 Å². The standard InChI is InChI=1S/C12H15BrN2O2/c13-10-3-1-2-8(4-10)9-5-11(6-9)15-17-7-12(14)16/h1-4,9,11,15H,5-7H2,(H2,14,16). The third-order valence-electron chi connectivity index (χ3n) is 2.92. The van der Waals surface area contributed by atoms with Gasteiger partial charge in [0.25, 0.3) is 0 Å². The van der Waals surface area contributed by atoms with Crippen LogP contribution in [0.15, 0.2) is 28.7 Å². The molecule has 1 aromatic rings. The van der Waals surface area contributed by atoms with Gasteiger partial charge in [0.2, 0.25) is 5.91 Å². The van der Waals surface area contributed by atoms with Crippen molar-refractivity contribution in [3.05, 3.63) is 34.3 Å². The van der Waals surface area contributed by atoms with E-state index in [1.807, 2.05) is 12.1 Å². The van der Waals surface area contributed by atoms with Crippen LogP contribution in [0.1, 0.15) is 24.3 Å². The monoisotopic (exact) mass is 298 g/mol. The summed E-state index contributed by atoms with van der Waals surface area (Å²) in [7, 11) is 0. The molecule has 0 spiro atoms. The fraction of sp³-hybridized carbons (Fsp3) is 0.417. The number of nitrogens with two attached hydrogens (primary N) is 1. The fourth-order valence-corrected chi connectivity index (χ4v) is 2.39. The molecule has 2 rings (SSSR count).